The van der Waals surface area contributed by atoms with Crippen LogP contribution in [0.4, 0.5) is 0 Å². The van der Waals surface area contributed by atoms with E-state index in [1.807, 2.05) is 0 Å². The molecule has 2 nitrogen and oxygen atoms in total. The maximum atomic E-state index is 3.70. The van der Waals surface area contributed by atoms with Gasteiger partial charge in [-0.05, 0) is 62.7 Å². The summed E-state index contributed by atoms with van der Waals surface area (Å²) < 4.78 is 0. The SMILES string of the molecule is Cc1ccccc1CN1CCCC(C2CCCN2)C1. The van der Waals surface area contributed by atoms with Crippen molar-refractivity contribution in [3.8, 4) is 0 Å². The molecule has 2 heterocycles. The Kier molecular flexibility index (Phi) is 4.19. The van der Waals surface area contributed by atoms with E-state index in [0.29, 0.717) is 0 Å². The molecule has 2 aliphatic rings. The minimum absolute atomic E-state index is 0.791. The lowest BCUT2D eigenvalue weighted by atomic mass is 9.89. The van der Waals surface area contributed by atoms with Crippen LogP contribution >= 0.6 is 0 Å². The van der Waals surface area contributed by atoms with Gasteiger partial charge < -0.3 is 5.32 Å². The number of hydrogen-bond acceptors (Lipinski definition) is 2. The maximum absolute atomic E-state index is 3.70. The Morgan fingerprint density at radius 3 is 2.89 bits per heavy atom. The minimum Gasteiger partial charge on any atom is -0.314 e. The summed E-state index contributed by atoms with van der Waals surface area (Å²) in [5.74, 6) is 0.875. The minimum atomic E-state index is 0.791. The van der Waals surface area contributed by atoms with Gasteiger partial charge in [0.05, 0.1) is 0 Å². The molecule has 2 saturated heterocycles. The molecule has 0 radical (unpaired) electrons. The highest BCUT2D eigenvalue weighted by atomic mass is 15.1. The highest BCUT2D eigenvalue weighted by Crippen LogP contribution is 2.26. The number of rotatable bonds is 3. The molecule has 2 fully saturated rings. The van der Waals surface area contributed by atoms with Crippen molar-refractivity contribution in [2.24, 2.45) is 5.92 Å². The molecule has 2 atom stereocenters. The Labute approximate surface area is 117 Å². The molecule has 2 heteroatoms. The van der Waals surface area contributed by atoms with Crippen molar-refractivity contribution in [3.05, 3.63) is 35.4 Å². The first kappa shape index (κ1) is 13.1. The van der Waals surface area contributed by atoms with Crippen LogP contribution in [0.2, 0.25) is 0 Å². The molecule has 0 aliphatic carbocycles. The molecule has 19 heavy (non-hydrogen) atoms. The van der Waals surface area contributed by atoms with Crippen molar-refractivity contribution in [3.63, 3.8) is 0 Å². The molecule has 0 aromatic heterocycles. The van der Waals surface area contributed by atoms with Crippen molar-refractivity contribution in [2.45, 2.75) is 45.2 Å². The third-order valence-electron chi connectivity index (χ3n) is 4.86. The molecule has 1 aromatic carbocycles. The van der Waals surface area contributed by atoms with Crippen molar-refractivity contribution in [2.75, 3.05) is 19.6 Å². The van der Waals surface area contributed by atoms with E-state index >= 15 is 0 Å². The van der Waals surface area contributed by atoms with Crippen LogP contribution in [-0.2, 0) is 6.54 Å². The number of nitrogens with one attached hydrogen (secondary N) is 1. The number of piperidine rings is 1. The largest absolute Gasteiger partial charge is 0.314 e. The van der Waals surface area contributed by atoms with E-state index in [4.69, 9.17) is 0 Å². The highest BCUT2D eigenvalue weighted by molar-refractivity contribution is 5.25. The van der Waals surface area contributed by atoms with E-state index in [9.17, 15) is 0 Å². The Bertz CT molecular complexity index is 409. The molecule has 2 unspecified atom stereocenters. The van der Waals surface area contributed by atoms with Crippen LogP contribution in [0.5, 0.6) is 0 Å². The van der Waals surface area contributed by atoms with E-state index in [2.05, 4.69) is 41.4 Å². The number of aryl methyl sites for hydroxylation is 1. The average Bonchev–Trinajstić information content (AvgIpc) is 2.96. The zero-order chi connectivity index (χ0) is 13.1. The molecular formula is C17H26N2. The Morgan fingerprint density at radius 2 is 2.11 bits per heavy atom. The molecule has 0 amide bonds. The van der Waals surface area contributed by atoms with E-state index < -0.39 is 0 Å². The van der Waals surface area contributed by atoms with Gasteiger partial charge >= 0.3 is 0 Å². The third-order valence-corrected chi connectivity index (χ3v) is 4.86. The van der Waals surface area contributed by atoms with Crippen molar-refractivity contribution in [1.82, 2.24) is 10.2 Å². The summed E-state index contributed by atoms with van der Waals surface area (Å²) in [4.78, 5) is 2.66. The van der Waals surface area contributed by atoms with Crippen LogP contribution in [0.15, 0.2) is 24.3 Å². The Balaban J connectivity index is 1.60. The lowest BCUT2D eigenvalue weighted by molar-refractivity contribution is 0.145. The second-order valence-corrected chi connectivity index (χ2v) is 6.27. The summed E-state index contributed by atoms with van der Waals surface area (Å²) in [6.07, 6.45) is 5.55. The second-order valence-electron chi connectivity index (χ2n) is 6.27. The number of likely N-dealkylation sites (tertiary alicyclic amines) is 1. The fourth-order valence-corrected chi connectivity index (χ4v) is 3.71. The molecule has 0 saturated carbocycles. The smallest absolute Gasteiger partial charge is 0.0236 e. The molecule has 104 valence electrons. The van der Waals surface area contributed by atoms with E-state index in [-0.39, 0.29) is 0 Å². The number of nitrogens with zero attached hydrogens (tertiary/aromatic N) is 1. The van der Waals surface area contributed by atoms with Gasteiger partial charge in [-0.1, -0.05) is 24.3 Å². The van der Waals surface area contributed by atoms with Gasteiger partial charge in [0, 0.05) is 19.1 Å². The van der Waals surface area contributed by atoms with Crippen LogP contribution in [0.1, 0.15) is 36.8 Å². The van der Waals surface area contributed by atoms with E-state index in [1.54, 1.807) is 0 Å². The van der Waals surface area contributed by atoms with Crippen LogP contribution < -0.4 is 5.32 Å². The molecule has 3 rings (SSSR count). The molecule has 1 aromatic rings. The normalized spacial score (nSPS) is 28.7. The molecule has 0 spiro atoms. The zero-order valence-electron chi connectivity index (χ0n) is 12.1. The van der Waals surface area contributed by atoms with Crippen LogP contribution in [0.25, 0.3) is 0 Å². The van der Waals surface area contributed by atoms with Crippen molar-refractivity contribution in [1.29, 1.82) is 0 Å². The van der Waals surface area contributed by atoms with Gasteiger partial charge in [-0.2, -0.15) is 0 Å². The molecule has 0 bridgehead atoms. The van der Waals surface area contributed by atoms with Gasteiger partial charge in [-0.15, -0.1) is 0 Å². The highest BCUT2D eigenvalue weighted by Gasteiger charge is 2.28. The predicted molar refractivity (Wildman–Crippen MR) is 80.2 cm³/mol. The maximum Gasteiger partial charge on any atom is 0.0236 e. The zero-order valence-corrected chi connectivity index (χ0v) is 12.1. The lowest BCUT2D eigenvalue weighted by Crippen LogP contribution is -2.43. The summed E-state index contributed by atoms with van der Waals surface area (Å²) in [5, 5.41) is 3.70. The fraction of sp³-hybridized carbons (Fsp3) is 0.647. The van der Waals surface area contributed by atoms with Crippen LogP contribution in [0.3, 0.4) is 0 Å². The van der Waals surface area contributed by atoms with Gasteiger partial charge in [0.15, 0.2) is 0 Å². The first-order chi connectivity index (χ1) is 9.33. The van der Waals surface area contributed by atoms with Crippen molar-refractivity contribution >= 4 is 0 Å². The molecule has 1 N–H and O–H groups in total. The topological polar surface area (TPSA) is 15.3 Å². The molecular weight excluding hydrogens is 232 g/mol. The predicted octanol–water partition coefficient (Wildman–Crippen LogP) is 2.96. The lowest BCUT2D eigenvalue weighted by Gasteiger charge is -2.36. The summed E-state index contributed by atoms with van der Waals surface area (Å²) in [5.41, 5.74) is 2.94. The summed E-state index contributed by atoms with van der Waals surface area (Å²) >= 11 is 0. The molecule has 2 aliphatic heterocycles. The summed E-state index contributed by atoms with van der Waals surface area (Å²) in [6.45, 7) is 7.16. The van der Waals surface area contributed by atoms with E-state index in [0.717, 1.165) is 18.5 Å². The second kappa shape index (κ2) is 6.06. The quantitative estimate of drug-likeness (QED) is 0.896. The third kappa shape index (κ3) is 3.18. The van der Waals surface area contributed by atoms with Gasteiger partial charge in [-0.3, -0.25) is 4.90 Å². The average molecular weight is 258 g/mol. The van der Waals surface area contributed by atoms with Crippen LogP contribution in [-0.4, -0.2) is 30.6 Å². The van der Waals surface area contributed by atoms with Crippen LogP contribution in [0, 0.1) is 12.8 Å². The standard InChI is InChI=1S/C17H26N2/c1-14-6-2-3-7-15(14)12-19-11-5-8-16(13-19)17-9-4-10-18-17/h2-3,6-7,16-18H,4-5,8-13H2,1H3. The Hall–Kier alpha value is -0.860. The first-order valence-electron chi connectivity index (χ1n) is 7.83. The van der Waals surface area contributed by atoms with Gasteiger partial charge in [0.1, 0.15) is 0 Å². The van der Waals surface area contributed by atoms with E-state index in [1.165, 1.54) is 56.4 Å². The summed E-state index contributed by atoms with van der Waals surface area (Å²) in [6, 6.07) is 9.62. The first-order valence-corrected chi connectivity index (χ1v) is 7.83. The van der Waals surface area contributed by atoms with Crippen molar-refractivity contribution < 1.29 is 0 Å². The number of hydrogen-bond donors (Lipinski definition) is 1. The van der Waals surface area contributed by atoms with Gasteiger partial charge in [-0.25, -0.2) is 0 Å². The monoisotopic (exact) mass is 258 g/mol. The van der Waals surface area contributed by atoms with Gasteiger partial charge in [0.25, 0.3) is 0 Å². The van der Waals surface area contributed by atoms with Gasteiger partial charge in [0.2, 0.25) is 0 Å². The Morgan fingerprint density at radius 1 is 1.21 bits per heavy atom. The number of benzene rings is 1. The summed E-state index contributed by atoms with van der Waals surface area (Å²) in [7, 11) is 0. The fourth-order valence-electron chi connectivity index (χ4n) is 3.71.